The molecular formula is C27H34Cl3N3O4S. The number of sulfonamides is 1. The van der Waals surface area contributed by atoms with Gasteiger partial charge in [0.2, 0.25) is 21.8 Å². The number of halogens is 3. The summed E-state index contributed by atoms with van der Waals surface area (Å²) in [6.45, 7) is 2.09. The van der Waals surface area contributed by atoms with Gasteiger partial charge in [-0.2, -0.15) is 0 Å². The fourth-order valence-corrected chi connectivity index (χ4v) is 6.37. The smallest absolute Gasteiger partial charge is 0.243 e. The van der Waals surface area contributed by atoms with Crippen LogP contribution in [0.5, 0.6) is 0 Å². The number of hydrogen-bond donors (Lipinski definition) is 1. The first-order valence-electron chi connectivity index (χ1n) is 12.8. The predicted molar refractivity (Wildman–Crippen MR) is 154 cm³/mol. The SMILES string of the molecule is CC[C@H](C(=O)NC1CCCC1)N(Cc1ccc(Cl)cc1Cl)C(=O)CCCN(c1cccc(Cl)c1)S(C)(=O)=O. The van der Waals surface area contributed by atoms with E-state index in [0.29, 0.717) is 32.7 Å². The number of rotatable bonds is 12. The average molecular weight is 603 g/mol. The third kappa shape index (κ3) is 8.50. The van der Waals surface area contributed by atoms with E-state index < -0.39 is 16.1 Å². The van der Waals surface area contributed by atoms with Gasteiger partial charge < -0.3 is 10.2 Å². The second-order valence-electron chi connectivity index (χ2n) is 9.59. The standard InChI is InChI=1S/C27H34Cl3N3O4S/c1-3-25(27(35)31-22-9-4-5-10-22)32(18-19-13-14-21(29)17-24(19)30)26(34)12-7-15-33(38(2,36)37)23-11-6-8-20(28)16-23/h6,8,11,13-14,16-17,22,25H,3-5,7,9-10,12,15,18H2,1-2H3,(H,31,35)/t25-/m1/s1. The fraction of sp³-hybridized carbons (Fsp3) is 0.481. The highest BCUT2D eigenvalue weighted by atomic mass is 35.5. The lowest BCUT2D eigenvalue weighted by Gasteiger charge is -2.32. The summed E-state index contributed by atoms with van der Waals surface area (Å²) >= 11 is 18.5. The lowest BCUT2D eigenvalue weighted by atomic mass is 10.1. The normalized spacial score (nSPS) is 14.8. The van der Waals surface area contributed by atoms with E-state index in [9.17, 15) is 18.0 Å². The highest BCUT2D eigenvalue weighted by Gasteiger charge is 2.31. The maximum atomic E-state index is 13.6. The molecule has 1 aliphatic rings. The zero-order valence-corrected chi connectivity index (χ0v) is 24.7. The molecule has 0 bridgehead atoms. The van der Waals surface area contributed by atoms with Gasteiger partial charge in [0.1, 0.15) is 6.04 Å². The maximum Gasteiger partial charge on any atom is 0.243 e. The number of carbonyl (C=O) groups is 2. The van der Waals surface area contributed by atoms with Crippen LogP contribution in [0.15, 0.2) is 42.5 Å². The second kappa shape index (κ2) is 13.9. The molecular weight excluding hydrogens is 569 g/mol. The van der Waals surface area contributed by atoms with Crippen LogP contribution in [0.4, 0.5) is 5.69 Å². The Morgan fingerprint density at radius 3 is 2.34 bits per heavy atom. The van der Waals surface area contributed by atoms with Crippen molar-refractivity contribution < 1.29 is 18.0 Å². The molecule has 1 atom stereocenters. The summed E-state index contributed by atoms with van der Waals surface area (Å²) in [5.41, 5.74) is 1.10. The van der Waals surface area contributed by atoms with E-state index in [1.165, 1.54) is 4.31 Å². The summed E-state index contributed by atoms with van der Waals surface area (Å²) in [6.07, 6.45) is 5.86. The van der Waals surface area contributed by atoms with Crippen LogP contribution >= 0.6 is 34.8 Å². The third-order valence-corrected chi connectivity index (χ3v) is 8.71. The molecule has 0 spiro atoms. The van der Waals surface area contributed by atoms with E-state index in [4.69, 9.17) is 34.8 Å². The molecule has 2 aromatic rings. The van der Waals surface area contributed by atoms with Crippen LogP contribution in [0.3, 0.4) is 0 Å². The molecule has 3 rings (SSSR count). The van der Waals surface area contributed by atoms with Crippen molar-refractivity contribution in [1.82, 2.24) is 10.2 Å². The average Bonchev–Trinajstić information content (AvgIpc) is 3.35. The van der Waals surface area contributed by atoms with Crippen molar-refractivity contribution in [2.45, 2.75) is 70.5 Å². The molecule has 0 radical (unpaired) electrons. The summed E-state index contributed by atoms with van der Waals surface area (Å²) in [7, 11) is -3.60. The van der Waals surface area contributed by atoms with Gasteiger partial charge in [0.05, 0.1) is 11.9 Å². The Bertz CT molecular complexity index is 1240. The van der Waals surface area contributed by atoms with Crippen molar-refractivity contribution in [1.29, 1.82) is 0 Å². The molecule has 1 aliphatic carbocycles. The van der Waals surface area contributed by atoms with E-state index in [1.54, 1.807) is 47.4 Å². The van der Waals surface area contributed by atoms with Crippen LogP contribution in [-0.4, -0.2) is 50.0 Å². The monoisotopic (exact) mass is 601 g/mol. The number of amides is 2. The molecule has 0 saturated heterocycles. The Balaban J connectivity index is 1.78. The van der Waals surface area contributed by atoms with Gasteiger partial charge in [0.25, 0.3) is 0 Å². The van der Waals surface area contributed by atoms with Crippen molar-refractivity contribution >= 4 is 62.3 Å². The number of nitrogens with zero attached hydrogens (tertiary/aromatic N) is 2. The van der Waals surface area contributed by atoms with Crippen molar-refractivity contribution in [2.24, 2.45) is 0 Å². The summed E-state index contributed by atoms with van der Waals surface area (Å²) in [5, 5.41) is 4.41. The van der Waals surface area contributed by atoms with Gasteiger partial charge in [-0.3, -0.25) is 13.9 Å². The topological polar surface area (TPSA) is 86.8 Å². The number of benzene rings is 2. The Morgan fingerprint density at radius 1 is 1.05 bits per heavy atom. The number of nitrogens with one attached hydrogen (secondary N) is 1. The minimum atomic E-state index is -3.60. The molecule has 2 aromatic carbocycles. The zero-order valence-electron chi connectivity index (χ0n) is 21.6. The van der Waals surface area contributed by atoms with Gasteiger partial charge in [0.15, 0.2) is 0 Å². The zero-order chi connectivity index (χ0) is 27.9. The summed E-state index contributed by atoms with van der Waals surface area (Å²) < 4.78 is 26.2. The van der Waals surface area contributed by atoms with Crippen molar-refractivity contribution in [3.8, 4) is 0 Å². The van der Waals surface area contributed by atoms with Crippen molar-refractivity contribution in [3.05, 3.63) is 63.1 Å². The van der Waals surface area contributed by atoms with E-state index in [1.807, 2.05) is 6.92 Å². The van der Waals surface area contributed by atoms with Crippen molar-refractivity contribution in [3.63, 3.8) is 0 Å². The quantitative estimate of drug-likeness (QED) is 0.320. The van der Waals surface area contributed by atoms with Gasteiger partial charge in [-0.05, 0) is 61.6 Å². The first kappa shape index (κ1) is 30.5. The molecule has 1 fully saturated rings. The van der Waals surface area contributed by atoms with Crippen LogP contribution in [0.25, 0.3) is 0 Å². The van der Waals surface area contributed by atoms with Gasteiger partial charge in [-0.25, -0.2) is 8.42 Å². The molecule has 2 amide bonds. The Morgan fingerprint density at radius 2 is 1.74 bits per heavy atom. The predicted octanol–water partition coefficient (Wildman–Crippen LogP) is 6.06. The summed E-state index contributed by atoms with van der Waals surface area (Å²) in [4.78, 5) is 28.4. The molecule has 0 aromatic heterocycles. The lowest BCUT2D eigenvalue weighted by Crippen LogP contribution is -2.51. The Hall–Kier alpha value is -2.00. The minimum Gasteiger partial charge on any atom is -0.352 e. The van der Waals surface area contributed by atoms with E-state index in [0.717, 1.165) is 31.9 Å². The number of hydrogen-bond acceptors (Lipinski definition) is 4. The Kier molecular flexibility index (Phi) is 11.2. The van der Waals surface area contributed by atoms with Gasteiger partial charge in [-0.1, -0.05) is 66.7 Å². The molecule has 7 nitrogen and oxygen atoms in total. The van der Waals surface area contributed by atoms with Crippen LogP contribution in [-0.2, 0) is 26.2 Å². The Labute approximate surface area is 240 Å². The molecule has 1 saturated carbocycles. The highest BCUT2D eigenvalue weighted by molar-refractivity contribution is 7.92. The molecule has 11 heteroatoms. The third-order valence-electron chi connectivity index (χ3n) is 6.69. The first-order valence-corrected chi connectivity index (χ1v) is 15.7. The minimum absolute atomic E-state index is 0.0466. The maximum absolute atomic E-state index is 13.6. The number of anilines is 1. The first-order chi connectivity index (χ1) is 18.0. The summed E-state index contributed by atoms with van der Waals surface area (Å²) in [5.74, 6) is -0.446. The van der Waals surface area contributed by atoms with Gasteiger partial charge in [0, 0.05) is 40.6 Å². The second-order valence-corrected chi connectivity index (χ2v) is 12.8. The summed E-state index contributed by atoms with van der Waals surface area (Å²) in [6, 6.07) is 11.0. The molecule has 0 unspecified atom stereocenters. The van der Waals surface area contributed by atoms with E-state index in [-0.39, 0.29) is 43.8 Å². The molecule has 0 heterocycles. The molecule has 208 valence electrons. The van der Waals surface area contributed by atoms with Crippen LogP contribution in [0.1, 0.15) is 57.4 Å². The van der Waals surface area contributed by atoms with Crippen LogP contribution in [0, 0.1) is 0 Å². The lowest BCUT2D eigenvalue weighted by molar-refractivity contribution is -0.141. The van der Waals surface area contributed by atoms with Crippen LogP contribution in [0.2, 0.25) is 15.1 Å². The highest BCUT2D eigenvalue weighted by Crippen LogP contribution is 2.26. The number of carbonyl (C=O) groups excluding carboxylic acids is 2. The van der Waals surface area contributed by atoms with E-state index >= 15 is 0 Å². The van der Waals surface area contributed by atoms with E-state index in [2.05, 4.69) is 5.32 Å². The molecule has 38 heavy (non-hydrogen) atoms. The van der Waals surface area contributed by atoms with Crippen molar-refractivity contribution in [2.75, 3.05) is 17.1 Å². The molecule has 1 N–H and O–H groups in total. The molecule has 0 aliphatic heterocycles. The van der Waals surface area contributed by atoms with Gasteiger partial charge >= 0.3 is 0 Å². The fourth-order valence-electron chi connectivity index (χ4n) is 4.76. The largest absolute Gasteiger partial charge is 0.352 e. The van der Waals surface area contributed by atoms with Crippen LogP contribution < -0.4 is 9.62 Å². The van der Waals surface area contributed by atoms with Gasteiger partial charge in [-0.15, -0.1) is 0 Å².